The number of aliphatic hydroxyl groups excluding tert-OH is 2. The second-order valence-corrected chi connectivity index (χ2v) is 13.6. The Bertz CT molecular complexity index is 962. The molecule has 49 heavy (non-hydrogen) atoms. The third kappa shape index (κ3) is 32.9. The number of hydrogen-bond acceptors (Lipinski definition) is 9. The van der Waals surface area contributed by atoms with E-state index < -0.39 is 58.4 Å². The molecule has 0 aromatic carbocycles. The van der Waals surface area contributed by atoms with Crippen LogP contribution in [0.1, 0.15) is 142 Å². The number of rotatable bonds is 34. The van der Waals surface area contributed by atoms with Gasteiger partial charge in [0, 0.05) is 12.8 Å². The number of phosphoric ester groups is 1. The molecule has 0 bridgehead atoms. The van der Waals surface area contributed by atoms with Gasteiger partial charge in [-0.3, -0.25) is 18.6 Å². The van der Waals surface area contributed by atoms with Gasteiger partial charge in [-0.15, -0.1) is 0 Å². The van der Waals surface area contributed by atoms with Crippen LogP contribution in [0.3, 0.4) is 0 Å². The van der Waals surface area contributed by atoms with Crippen molar-refractivity contribution in [1.29, 1.82) is 0 Å². The summed E-state index contributed by atoms with van der Waals surface area (Å²) in [6, 6.07) is 0. The molecule has 0 rings (SSSR count). The van der Waals surface area contributed by atoms with Crippen LogP contribution < -0.4 is 0 Å². The number of esters is 2. The number of ether oxygens (including phenoxy) is 2. The molecule has 0 aliphatic carbocycles. The molecule has 0 fully saturated rings. The van der Waals surface area contributed by atoms with Crippen molar-refractivity contribution in [2.75, 3.05) is 26.4 Å². The summed E-state index contributed by atoms with van der Waals surface area (Å²) in [5.41, 5.74) is 0. The second-order valence-electron chi connectivity index (χ2n) is 12.2. The molecule has 0 spiro atoms. The summed E-state index contributed by atoms with van der Waals surface area (Å²) in [4.78, 5) is 34.3. The van der Waals surface area contributed by atoms with E-state index in [1.165, 1.54) is 32.1 Å². The molecule has 0 amide bonds. The Morgan fingerprint density at radius 1 is 0.571 bits per heavy atom. The van der Waals surface area contributed by atoms with Gasteiger partial charge < -0.3 is 24.6 Å². The van der Waals surface area contributed by atoms with Gasteiger partial charge >= 0.3 is 19.8 Å². The molecule has 10 nitrogen and oxygen atoms in total. The smallest absolute Gasteiger partial charge is 0.457 e. The summed E-state index contributed by atoms with van der Waals surface area (Å²) in [6.45, 7) is 2.01. The number of phosphoric acid groups is 1. The van der Waals surface area contributed by atoms with Gasteiger partial charge in [0.2, 0.25) is 0 Å². The van der Waals surface area contributed by atoms with E-state index in [1.807, 2.05) is 0 Å². The van der Waals surface area contributed by atoms with Crippen molar-refractivity contribution in [3.05, 3.63) is 48.6 Å². The zero-order valence-electron chi connectivity index (χ0n) is 30.4. The predicted octanol–water partition coefficient (Wildman–Crippen LogP) is 8.99. The van der Waals surface area contributed by atoms with Crippen molar-refractivity contribution in [2.24, 2.45) is 0 Å². The largest absolute Gasteiger partial charge is 0.472 e. The maximum atomic E-state index is 12.3. The quantitative estimate of drug-likeness (QED) is 0.0255. The fourth-order valence-electron chi connectivity index (χ4n) is 4.69. The lowest BCUT2D eigenvalue weighted by Crippen LogP contribution is -2.28. The monoisotopic (exact) mass is 714 g/mol. The minimum absolute atomic E-state index is 0.163. The highest BCUT2D eigenvalue weighted by Crippen LogP contribution is 2.43. The molecule has 3 atom stereocenters. The van der Waals surface area contributed by atoms with Gasteiger partial charge in [0.25, 0.3) is 0 Å². The maximum Gasteiger partial charge on any atom is 0.472 e. The number of unbranched alkanes of at least 4 members (excludes halogenated alkanes) is 12. The minimum Gasteiger partial charge on any atom is -0.457 e. The Morgan fingerprint density at radius 3 is 1.39 bits per heavy atom. The Labute approximate surface area is 296 Å². The number of carbonyl (C=O) groups is 2. The third-order valence-electron chi connectivity index (χ3n) is 7.56. The molecule has 0 aliphatic heterocycles. The molecule has 11 heteroatoms. The van der Waals surface area contributed by atoms with Crippen molar-refractivity contribution in [3.8, 4) is 0 Å². The van der Waals surface area contributed by atoms with Gasteiger partial charge in [-0.2, -0.15) is 0 Å². The average Bonchev–Trinajstić information content (AvgIpc) is 3.09. The molecule has 0 saturated carbocycles. The molecular formula is C38H67O10P. The van der Waals surface area contributed by atoms with Crippen LogP contribution in [0.5, 0.6) is 0 Å². The van der Waals surface area contributed by atoms with Gasteiger partial charge in [-0.05, 0) is 51.4 Å². The van der Waals surface area contributed by atoms with Gasteiger partial charge in [-0.1, -0.05) is 127 Å². The van der Waals surface area contributed by atoms with E-state index in [9.17, 15) is 29.3 Å². The Hall–Kier alpha value is -2.07. The van der Waals surface area contributed by atoms with Gasteiger partial charge in [-0.25, -0.2) is 4.57 Å². The lowest BCUT2D eigenvalue weighted by Gasteiger charge is -2.20. The first-order chi connectivity index (χ1) is 23.8. The van der Waals surface area contributed by atoms with Crippen LogP contribution >= 0.6 is 7.82 Å². The van der Waals surface area contributed by atoms with E-state index in [4.69, 9.17) is 18.5 Å². The van der Waals surface area contributed by atoms with Crippen LogP contribution in [-0.2, 0) is 32.7 Å². The van der Waals surface area contributed by atoms with E-state index in [2.05, 4.69) is 62.5 Å². The summed E-state index contributed by atoms with van der Waals surface area (Å²) >= 11 is 0. The standard InChI is InChI=1S/C38H67O10P/c1-3-5-7-9-11-13-14-15-16-17-18-19-20-22-24-26-28-30-38(42)48-36(32-40)34-46-49(43,44)45-33-35(31-39)47-37(41)29-27-25-23-21-12-10-8-6-4-2/h5,7,11,13,15-16,18-19,35-36,39-40H,3-4,6,8-10,12,14,17,20-34H2,1-2H3,(H,43,44)/b7-5-,13-11-,16-15-,19-18-. The Balaban J connectivity index is 4.03. The van der Waals surface area contributed by atoms with E-state index in [0.29, 0.717) is 12.8 Å². The lowest BCUT2D eigenvalue weighted by atomic mass is 10.1. The SMILES string of the molecule is CC/C=C\C/C=C\C/C=C\C/C=C\CCCCCCC(=O)OC(CO)COP(=O)(O)OCC(CO)OC(=O)CCCCCCCCCCC. The number of carbonyl (C=O) groups excluding carboxylic acids is 2. The fraction of sp³-hybridized carbons (Fsp3) is 0.737. The first-order valence-electron chi connectivity index (χ1n) is 18.6. The van der Waals surface area contributed by atoms with E-state index >= 15 is 0 Å². The molecule has 3 unspecified atom stereocenters. The summed E-state index contributed by atoms with van der Waals surface area (Å²) in [7, 11) is -4.63. The molecule has 0 aromatic heterocycles. The molecule has 284 valence electrons. The first kappa shape index (κ1) is 46.9. The highest BCUT2D eigenvalue weighted by Gasteiger charge is 2.27. The van der Waals surface area contributed by atoms with E-state index in [0.717, 1.165) is 70.6 Å². The van der Waals surface area contributed by atoms with Crippen molar-refractivity contribution in [2.45, 2.75) is 154 Å². The van der Waals surface area contributed by atoms with Crippen LogP contribution in [-0.4, -0.2) is 65.7 Å². The Kier molecular flexibility index (Phi) is 32.9. The maximum absolute atomic E-state index is 12.3. The fourth-order valence-corrected chi connectivity index (χ4v) is 5.48. The molecule has 0 aromatic rings. The first-order valence-corrected chi connectivity index (χ1v) is 20.1. The van der Waals surface area contributed by atoms with Gasteiger partial charge in [0.05, 0.1) is 26.4 Å². The molecule has 0 heterocycles. The minimum atomic E-state index is -4.63. The van der Waals surface area contributed by atoms with Crippen molar-refractivity contribution >= 4 is 19.8 Å². The van der Waals surface area contributed by atoms with Crippen LogP contribution in [0, 0.1) is 0 Å². The van der Waals surface area contributed by atoms with Crippen LogP contribution in [0.25, 0.3) is 0 Å². The van der Waals surface area contributed by atoms with E-state index in [-0.39, 0.29) is 12.8 Å². The summed E-state index contributed by atoms with van der Waals surface area (Å²) in [5.74, 6) is -1.05. The number of aliphatic hydroxyl groups is 2. The van der Waals surface area contributed by atoms with Crippen molar-refractivity contribution < 1.29 is 47.8 Å². The molecule has 0 radical (unpaired) electrons. The third-order valence-corrected chi connectivity index (χ3v) is 8.51. The molecule has 3 N–H and O–H groups in total. The lowest BCUT2D eigenvalue weighted by molar-refractivity contribution is -0.153. The normalized spacial score (nSPS) is 14.6. The summed E-state index contributed by atoms with van der Waals surface area (Å²) in [6.07, 6.45) is 33.8. The van der Waals surface area contributed by atoms with Crippen molar-refractivity contribution in [3.63, 3.8) is 0 Å². The van der Waals surface area contributed by atoms with Gasteiger partial charge in [0.1, 0.15) is 12.2 Å². The zero-order valence-corrected chi connectivity index (χ0v) is 31.3. The highest BCUT2D eigenvalue weighted by atomic mass is 31.2. The van der Waals surface area contributed by atoms with Crippen LogP contribution in [0.15, 0.2) is 48.6 Å². The predicted molar refractivity (Wildman–Crippen MR) is 196 cm³/mol. The molecule has 0 aliphatic rings. The highest BCUT2D eigenvalue weighted by molar-refractivity contribution is 7.47. The zero-order chi connectivity index (χ0) is 36.3. The molecular weight excluding hydrogens is 647 g/mol. The second kappa shape index (κ2) is 34.4. The number of allylic oxidation sites excluding steroid dienone is 8. The molecule has 0 saturated heterocycles. The van der Waals surface area contributed by atoms with E-state index in [1.54, 1.807) is 0 Å². The van der Waals surface area contributed by atoms with Crippen LogP contribution in [0.4, 0.5) is 0 Å². The van der Waals surface area contributed by atoms with Crippen molar-refractivity contribution in [1.82, 2.24) is 0 Å². The summed E-state index contributed by atoms with van der Waals surface area (Å²) in [5, 5.41) is 19.0. The van der Waals surface area contributed by atoms with Gasteiger partial charge in [0.15, 0.2) is 0 Å². The Morgan fingerprint density at radius 2 is 0.959 bits per heavy atom. The summed E-state index contributed by atoms with van der Waals surface area (Å²) < 4.78 is 32.3. The van der Waals surface area contributed by atoms with Crippen LogP contribution in [0.2, 0.25) is 0 Å². The topological polar surface area (TPSA) is 149 Å². The average molecular weight is 715 g/mol. The number of hydrogen-bond donors (Lipinski definition) is 3.